The third-order valence-corrected chi connectivity index (χ3v) is 2.24. The van der Waals surface area contributed by atoms with Crippen LogP contribution in [0.5, 0.6) is 0 Å². The van der Waals surface area contributed by atoms with Gasteiger partial charge in [0.25, 0.3) is 0 Å². The zero-order valence-electron chi connectivity index (χ0n) is 6.30. The normalized spacial score (nSPS) is 10.1. The van der Waals surface area contributed by atoms with Crippen LogP contribution in [0.3, 0.4) is 0 Å². The van der Waals surface area contributed by atoms with Crippen LogP contribution < -0.4 is 5.73 Å². The lowest BCUT2D eigenvalue weighted by Crippen LogP contribution is -2.00. The Balaban J connectivity index is 3.10. The number of nitrogens with two attached hydrogens (primary N) is 1. The van der Waals surface area contributed by atoms with Crippen molar-refractivity contribution in [1.29, 1.82) is 0 Å². The largest absolute Gasteiger partial charge is 0.326 e. The van der Waals surface area contributed by atoms with Gasteiger partial charge in [-0.2, -0.15) is 0 Å². The molecule has 2 N–H and O–H groups in total. The zero-order chi connectivity index (χ0) is 8.27. The molecule has 0 unspecified atom stereocenters. The van der Waals surface area contributed by atoms with Gasteiger partial charge in [-0.3, -0.25) is 0 Å². The molecule has 1 nitrogen and oxygen atoms in total. The van der Waals surface area contributed by atoms with Crippen LogP contribution in [0, 0.1) is 5.82 Å². The van der Waals surface area contributed by atoms with E-state index < -0.39 is 0 Å². The highest BCUT2D eigenvalue weighted by molar-refractivity contribution is 7.98. The second-order valence-corrected chi connectivity index (χ2v) is 2.99. The molecule has 0 atom stereocenters. The van der Waals surface area contributed by atoms with Crippen LogP contribution in [0.1, 0.15) is 5.56 Å². The number of hydrogen-bond donors (Lipinski definition) is 1. The van der Waals surface area contributed by atoms with Crippen molar-refractivity contribution < 1.29 is 4.39 Å². The summed E-state index contributed by atoms with van der Waals surface area (Å²) in [4.78, 5) is 0.660. The first kappa shape index (κ1) is 8.56. The smallest absolute Gasteiger partial charge is 0.141 e. The van der Waals surface area contributed by atoms with Crippen molar-refractivity contribution in [3.63, 3.8) is 0 Å². The molecule has 0 saturated heterocycles. The summed E-state index contributed by atoms with van der Waals surface area (Å²) in [7, 11) is 0. The molecule has 1 aromatic carbocycles. The van der Waals surface area contributed by atoms with Crippen LogP contribution in [-0.2, 0) is 6.54 Å². The van der Waals surface area contributed by atoms with Gasteiger partial charge < -0.3 is 5.73 Å². The molecule has 0 saturated carbocycles. The molecule has 0 bridgehead atoms. The standard InChI is InChI=1S/C8H10FNS/c1-11-7-4-2-3-6(5-10)8(7)9/h2-4H,5,10H2,1H3. The molecule has 11 heavy (non-hydrogen) atoms. The molecule has 0 amide bonds. The summed E-state index contributed by atoms with van der Waals surface area (Å²) in [5, 5.41) is 0. The Kier molecular flexibility index (Phi) is 2.91. The number of thioether (sulfide) groups is 1. The van der Waals surface area contributed by atoms with Gasteiger partial charge in [0.2, 0.25) is 0 Å². The van der Waals surface area contributed by atoms with Gasteiger partial charge >= 0.3 is 0 Å². The SMILES string of the molecule is CSc1cccc(CN)c1F. The van der Waals surface area contributed by atoms with Crippen LogP contribution >= 0.6 is 11.8 Å². The van der Waals surface area contributed by atoms with Crippen molar-refractivity contribution in [3.05, 3.63) is 29.6 Å². The van der Waals surface area contributed by atoms with E-state index >= 15 is 0 Å². The molecule has 60 valence electrons. The average Bonchev–Trinajstić information content (AvgIpc) is 2.05. The number of benzene rings is 1. The highest BCUT2D eigenvalue weighted by atomic mass is 32.2. The van der Waals surface area contributed by atoms with E-state index in [1.165, 1.54) is 11.8 Å². The Hall–Kier alpha value is -0.540. The monoisotopic (exact) mass is 171 g/mol. The van der Waals surface area contributed by atoms with Crippen LogP contribution in [-0.4, -0.2) is 6.26 Å². The minimum atomic E-state index is -0.178. The summed E-state index contributed by atoms with van der Waals surface area (Å²) in [6.07, 6.45) is 1.85. The Bertz CT molecular complexity index is 228. The maximum absolute atomic E-state index is 13.2. The Morgan fingerprint density at radius 1 is 1.55 bits per heavy atom. The van der Waals surface area contributed by atoms with Crippen LogP contribution in [0.15, 0.2) is 23.1 Å². The van der Waals surface area contributed by atoms with E-state index in [1.807, 2.05) is 12.3 Å². The molecule has 0 radical (unpaired) electrons. The van der Waals surface area contributed by atoms with E-state index in [0.29, 0.717) is 10.5 Å². The van der Waals surface area contributed by atoms with Crippen molar-refractivity contribution in [2.45, 2.75) is 11.4 Å². The van der Waals surface area contributed by atoms with Crippen LogP contribution in [0.4, 0.5) is 4.39 Å². The minimum absolute atomic E-state index is 0.178. The Morgan fingerprint density at radius 3 is 2.82 bits per heavy atom. The predicted molar refractivity (Wildman–Crippen MR) is 46.1 cm³/mol. The third kappa shape index (κ3) is 1.73. The molecule has 0 aliphatic carbocycles. The van der Waals surface area contributed by atoms with Gasteiger partial charge in [0, 0.05) is 17.0 Å². The highest BCUT2D eigenvalue weighted by Gasteiger charge is 2.03. The maximum Gasteiger partial charge on any atom is 0.141 e. The highest BCUT2D eigenvalue weighted by Crippen LogP contribution is 2.21. The van der Waals surface area contributed by atoms with Crippen molar-refractivity contribution in [1.82, 2.24) is 0 Å². The third-order valence-electron chi connectivity index (χ3n) is 1.48. The number of hydrogen-bond acceptors (Lipinski definition) is 2. The predicted octanol–water partition coefficient (Wildman–Crippen LogP) is 2.01. The minimum Gasteiger partial charge on any atom is -0.326 e. The summed E-state index contributed by atoms with van der Waals surface area (Å²) < 4.78 is 13.2. The number of halogens is 1. The quantitative estimate of drug-likeness (QED) is 0.689. The van der Waals surface area contributed by atoms with Gasteiger partial charge in [0.1, 0.15) is 5.82 Å². The van der Waals surface area contributed by atoms with E-state index in [-0.39, 0.29) is 12.4 Å². The average molecular weight is 171 g/mol. The zero-order valence-corrected chi connectivity index (χ0v) is 7.12. The van der Waals surface area contributed by atoms with E-state index in [9.17, 15) is 4.39 Å². The summed E-state index contributed by atoms with van der Waals surface area (Å²) in [6.45, 7) is 0.264. The molecule has 0 fully saturated rings. The maximum atomic E-state index is 13.2. The van der Waals surface area contributed by atoms with Gasteiger partial charge in [-0.15, -0.1) is 11.8 Å². The molecule has 0 aromatic heterocycles. The van der Waals surface area contributed by atoms with E-state index in [2.05, 4.69) is 0 Å². The first-order valence-corrected chi connectivity index (χ1v) is 4.53. The van der Waals surface area contributed by atoms with E-state index in [0.717, 1.165) is 0 Å². The van der Waals surface area contributed by atoms with Gasteiger partial charge in [-0.05, 0) is 12.3 Å². The molecule has 1 rings (SSSR count). The van der Waals surface area contributed by atoms with Crippen molar-refractivity contribution in [3.8, 4) is 0 Å². The first-order chi connectivity index (χ1) is 5.29. The molecule has 0 heterocycles. The van der Waals surface area contributed by atoms with Gasteiger partial charge in [-0.1, -0.05) is 12.1 Å². The Morgan fingerprint density at radius 2 is 2.27 bits per heavy atom. The van der Waals surface area contributed by atoms with Gasteiger partial charge in [0.05, 0.1) is 0 Å². The molecule has 0 spiro atoms. The fourth-order valence-electron chi connectivity index (χ4n) is 0.872. The molecular formula is C8H10FNS. The summed E-state index contributed by atoms with van der Waals surface area (Å²) in [5.74, 6) is -0.178. The Labute approximate surface area is 69.8 Å². The second kappa shape index (κ2) is 3.74. The lowest BCUT2D eigenvalue weighted by molar-refractivity contribution is 0.585. The molecule has 1 aromatic rings. The lowest BCUT2D eigenvalue weighted by Gasteiger charge is -2.02. The lowest BCUT2D eigenvalue weighted by atomic mass is 10.2. The van der Waals surface area contributed by atoms with Crippen LogP contribution in [0.2, 0.25) is 0 Å². The molecular weight excluding hydrogens is 161 g/mol. The molecule has 0 aliphatic rings. The van der Waals surface area contributed by atoms with Gasteiger partial charge in [0.15, 0.2) is 0 Å². The van der Waals surface area contributed by atoms with Crippen molar-refractivity contribution >= 4 is 11.8 Å². The second-order valence-electron chi connectivity index (χ2n) is 2.14. The topological polar surface area (TPSA) is 26.0 Å². The fourth-order valence-corrected chi connectivity index (χ4v) is 1.40. The van der Waals surface area contributed by atoms with E-state index in [4.69, 9.17) is 5.73 Å². The van der Waals surface area contributed by atoms with Gasteiger partial charge in [-0.25, -0.2) is 4.39 Å². The van der Waals surface area contributed by atoms with Crippen molar-refractivity contribution in [2.75, 3.05) is 6.26 Å². The van der Waals surface area contributed by atoms with Crippen molar-refractivity contribution in [2.24, 2.45) is 5.73 Å². The first-order valence-electron chi connectivity index (χ1n) is 3.31. The summed E-state index contributed by atoms with van der Waals surface area (Å²) in [6, 6.07) is 5.27. The van der Waals surface area contributed by atoms with E-state index in [1.54, 1.807) is 12.1 Å². The summed E-state index contributed by atoms with van der Waals surface area (Å²) >= 11 is 1.39. The number of rotatable bonds is 2. The summed E-state index contributed by atoms with van der Waals surface area (Å²) in [5.41, 5.74) is 5.91. The molecule has 3 heteroatoms. The fraction of sp³-hybridized carbons (Fsp3) is 0.250. The van der Waals surface area contributed by atoms with Crippen LogP contribution in [0.25, 0.3) is 0 Å². The molecule has 0 aliphatic heterocycles.